The highest BCUT2D eigenvalue weighted by molar-refractivity contribution is 6.00. The number of amides is 2. The largest absolute Gasteiger partial charge is 0.493 e. The molecule has 2 amide bonds. The summed E-state index contributed by atoms with van der Waals surface area (Å²) in [6, 6.07) is 11.8. The number of carbonyl (C=O) groups excluding carboxylic acids is 2. The summed E-state index contributed by atoms with van der Waals surface area (Å²) < 4.78 is 5.65. The maximum Gasteiger partial charge on any atom is 0.273 e. The molecular formula is C19H21N3O5. The molecule has 27 heavy (non-hydrogen) atoms. The van der Waals surface area contributed by atoms with Crippen molar-refractivity contribution in [2.75, 3.05) is 6.61 Å². The normalized spacial score (nSPS) is 10.1. The topological polar surface area (TPSA) is 111 Å². The van der Waals surface area contributed by atoms with Crippen LogP contribution in [0.3, 0.4) is 0 Å². The molecule has 0 heterocycles. The van der Waals surface area contributed by atoms with E-state index in [0.717, 1.165) is 19.3 Å². The van der Waals surface area contributed by atoms with Gasteiger partial charge in [-0.05, 0) is 30.7 Å². The molecule has 0 aliphatic carbocycles. The Morgan fingerprint density at radius 2 is 1.67 bits per heavy atom. The Labute approximate surface area is 156 Å². The second kappa shape index (κ2) is 9.91. The number of nitro groups is 1. The van der Waals surface area contributed by atoms with E-state index < -0.39 is 16.7 Å². The van der Waals surface area contributed by atoms with E-state index in [1.807, 2.05) is 0 Å². The van der Waals surface area contributed by atoms with Crippen molar-refractivity contribution in [1.29, 1.82) is 0 Å². The van der Waals surface area contributed by atoms with Crippen LogP contribution in [0.15, 0.2) is 48.5 Å². The van der Waals surface area contributed by atoms with E-state index in [1.165, 1.54) is 24.3 Å². The second-order valence-corrected chi connectivity index (χ2v) is 5.76. The van der Waals surface area contributed by atoms with Crippen molar-refractivity contribution in [1.82, 2.24) is 10.9 Å². The first kappa shape index (κ1) is 19.9. The molecule has 142 valence electrons. The first-order valence-electron chi connectivity index (χ1n) is 8.60. The van der Waals surface area contributed by atoms with Crippen LogP contribution in [-0.2, 0) is 0 Å². The molecule has 0 fully saturated rings. The lowest BCUT2D eigenvalue weighted by atomic mass is 10.2. The van der Waals surface area contributed by atoms with E-state index in [0.29, 0.717) is 17.9 Å². The van der Waals surface area contributed by atoms with Crippen LogP contribution in [0.4, 0.5) is 5.69 Å². The van der Waals surface area contributed by atoms with Gasteiger partial charge in [-0.3, -0.25) is 30.6 Å². The molecule has 2 rings (SSSR count). The number of carbonyl (C=O) groups is 2. The number of hydrogen-bond donors (Lipinski definition) is 2. The lowest BCUT2D eigenvalue weighted by molar-refractivity contribution is -0.384. The van der Waals surface area contributed by atoms with Gasteiger partial charge in [-0.25, -0.2) is 0 Å². The summed E-state index contributed by atoms with van der Waals surface area (Å²) in [5.41, 5.74) is 4.98. The van der Waals surface area contributed by atoms with E-state index in [-0.39, 0.29) is 11.3 Å². The number of nitrogens with zero attached hydrogens (tertiary/aromatic N) is 1. The number of ether oxygens (including phenoxy) is 1. The lowest BCUT2D eigenvalue weighted by Crippen LogP contribution is -2.41. The third-order valence-corrected chi connectivity index (χ3v) is 3.77. The maximum atomic E-state index is 12.3. The number of nitrogens with one attached hydrogen (secondary N) is 2. The average Bonchev–Trinajstić information content (AvgIpc) is 2.69. The molecule has 8 heteroatoms. The Morgan fingerprint density at radius 1 is 1.00 bits per heavy atom. The number of hydrogen-bond acceptors (Lipinski definition) is 5. The Hall–Kier alpha value is -3.42. The Balaban J connectivity index is 1.95. The van der Waals surface area contributed by atoms with Crippen LogP contribution in [0.2, 0.25) is 0 Å². The van der Waals surface area contributed by atoms with Crippen molar-refractivity contribution in [2.24, 2.45) is 0 Å². The number of benzene rings is 2. The monoisotopic (exact) mass is 371 g/mol. The Bertz CT molecular complexity index is 805. The van der Waals surface area contributed by atoms with Crippen molar-refractivity contribution < 1.29 is 19.2 Å². The Kier molecular flexibility index (Phi) is 7.30. The zero-order valence-electron chi connectivity index (χ0n) is 14.9. The average molecular weight is 371 g/mol. The van der Waals surface area contributed by atoms with E-state index in [4.69, 9.17) is 4.74 Å². The van der Waals surface area contributed by atoms with Gasteiger partial charge in [0, 0.05) is 17.7 Å². The van der Waals surface area contributed by atoms with E-state index >= 15 is 0 Å². The first-order chi connectivity index (χ1) is 13.0. The summed E-state index contributed by atoms with van der Waals surface area (Å²) in [7, 11) is 0. The van der Waals surface area contributed by atoms with Crippen LogP contribution in [0.5, 0.6) is 5.75 Å². The van der Waals surface area contributed by atoms with Gasteiger partial charge in [-0.1, -0.05) is 31.9 Å². The van der Waals surface area contributed by atoms with Crippen LogP contribution in [-0.4, -0.2) is 23.3 Å². The fourth-order valence-corrected chi connectivity index (χ4v) is 2.30. The zero-order chi connectivity index (χ0) is 19.6. The molecule has 2 N–H and O–H groups in total. The molecule has 8 nitrogen and oxygen atoms in total. The molecule has 2 aromatic carbocycles. The number of non-ortho nitro benzene ring substituents is 1. The van der Waals surface area contributed by atoms with Gasteiger partial charge in [0.05, 0.1) is 17.1 Å². The molecule has 0 aromatic heterocycles. The van der Waals surface area contributed by atoms with Crippen LogP contribution in [0.1, 0.15) is 46.9 Å². The molecule has 0 saturated carbocycles. The summed E-state index contributed by atoms with van der Waals surface area (Å²) >= 11 is 0. The summed E-state index contributed by atoms with van der Waals surface area (Å²) in [6.45, 7) is 2.60. The highest BCUT2D eigenvalue weighted by Gasteiger charge is 2.14. The maximum absolute atomic E-state index is 12.3. The molecule has 0 atom stereocenters. The number of unbranched alkanes of at least 4 members (excludes halogenated alkanes) is 2. The summed E-state index contributed by atoms with van der Waals surface area (Å²) in [6.07, 6.45) is 3.00. The lowest BCUT2D eigenvalue weighted by Gasteiger charge is -2.12. The zero-order valence-corrected chi connectivity index (χ0v) is 14.9. The molecule has 0 aliphatic rings. The number of para-hydroxylation sites is 1. The molecule has 0 saturated heterocycles. The fraction of sp³-hybridized carbons (Fsp3) is 0.263. The number of nitro benzene ring substituents is 1. The molecule has 0 aliphatic heterocycles. The summed E-state index contributed by atoms with van der Waals surface area (Å²) in [4.78, 5) is 34.5. The van der Waals surface area contributed by atoms with Crippen molar-refractivity contribution in [3.63, 3.8) is 0 Å². The van der Waals surface area contributed by atoms with Crippen molar-refractivity contribution in [3.8, 4) is 5.75 Å². The van der Waals surface area contributed by atoms with E-state index in [2.05, 4.69) is 17.8 Å². The SMILES string of the molecule is CCCCCOc1ccccc1C(=O)NNC(=O)c1ccc([N+](=O)[O-])cc1. The summed E-state index contributed by atoms with van der Waals surface area (Å²) in [5.74, 6) is -0.661. The molecule has 0 unspecified atom stereocenters. The van der Waals surface area contributed by atoms with Crippen LogP contribution >= 0.6 is 0 Å². The van der Waals surface area contributed by atoms with Gasteiger partial charge in [-0.15, -0.1) is 0 Å². The molecular weight excluding hydrogens is 350 g/mol. The van der Waals surface area contributed by atoms with Gasteiger partial charge in [0.25, 0.3) is 17.5 Å². The minimum atomic E-state index is -0.584. The number of hydrazine groups is 1. The molecule has 0 radical (unpaired) electrons. The minimum Gasteiger partial charge on any atom is -0.493 e. The third-order valence-electron chi connectivity index (χ3n) is 3.77. The molecule has 2 aromatic rings. The van der Waals surface area contributed by atoms with Gasteiger partial charge >= 0.3 is 0 Å². The van der Waals surface area contributed by atoms with E-state index in [1.54, 1.807) is 24.3 Å². The predicted molar refractivity (Wildman–Crippen MR) is 99.5 cm³/mol. The van der Waals surface area contributed by atoms with Crippen LogP contribution in [0.25, 0.3) is 0 Å². The highest BCUT2D eigenvalue weighted by atomic mass is 16.6. The fourth-order valence-electron chi connectivity index (χ4n) is 2.30. The minimum absolute atomic E-state index is 0.121. The highest BCUT2D eigenvalue weighted by Crippen LogP contribution is 2.18. The molecule has 0 spiro atoms. The second-order valence-electron chi connectivity index (χ2n) is 5.76. The van der Waals surface area contributed by atoms with Gasteiger partial charge < -0.3 is 4.74 Å². The Morgan fingerprint density at radius 3 is 2.33 bits per heavy atom. The third kappa shape index (κ3) is 5.81. The van der Waals surface area contributed by atoms with Gasteiger partial charge in [0.2, 0.25) is 0 Å². The van der Waals surface area contributed by atoms with Gasteiger partial charge in [-0.2, -0.15) is 0 Å². The quantitative estimate of drug-likeness (QED) is 0.420. The number of rotatable bonds is 8. The van der Waals surface area contributed by atoms with Crippen LogP contribution in [0, 0.1) is 10.1 Å². The first-order valence-corrected chi connectivity index (χ1v) is 8.60. The smallest absolute Gasteiger partial charge is 0.273 e. The van der Waals surface area contributed by atoms with Crippen molar-refractivity contribution >= 4 is 17.5 Å². The molecule has 0 bridgehead atoms. The predicted octanol–water partition coefficient (Wildman–Crippen LogP) is 3.24. The summed E-state index contributed by atoms with van der Waals surface area (Å²) in [5, 5.41) is 10.6. The van der Waals surface area contributed by atoms with Gasteiger partial charge in [0.1, 0.15) is 5.75 Å². The van der Waals surface area contributed by atoms with Gasteiger partial charge in [0.15, 0.2) is 0 Å². The van der Waals surface area contributed by atoms with Crippen molar-refractivity contribution in [3.05, 3.63) is 69.8 Å². The van der Waals surface area contributed by atoms with E-state index in [9.17, 15) is 19.7 Å². The standard InChI is InChI=1S/C19H21N3O5/c1-2-3-6-13-27-17-8-5-4-7-16(17)19(24)21-20-18(23)14-9-11-15(12-10-14)22(25)26/h4-5,7-12H,2-3,6,13H2,1H3,(H,20,23)(H,21,24). The van der Waals surface area contributed by atoms with Crippen molar-refractivity contribution in [2.45, 2.75) is 26.2 Å². The van der Waals surface area contributed by atoms with Crippen LogP contribution < -0.4 is 15.6 Å².